The highest BCUT2D eigenvalue weighted by atomic mass is 16.5. The number of hydrogen-bond donors (Lipinski definition) is 1. The minimum atomic E-state index is 0.282. The maximum Gasteiger partial charge on any atom is 0.0731 e. The van der Waals surface area contributed by atoms with E-state index in [2.05, 4.69) is 4.90 Å². The van der Waals surface area contributed by atoms with Crippen molar-refractivity contribution in [3.05, 3.63) is 0 Å². The molecule has 1 aliphatic carbocycles. The molecule has 0 aromatic carbocycles. The van der Waals surface area contributed by atoms with Gasteiger partial charge in [-0.1, -0.05) is 0 Å². The second-order valence-electron chi connectivity index (χ2n) is 4.97. The van der Waals surface area contributed by atoms with Crippen molar-refractivity contribution in [2.24, 2.45) is 5.41 Å². The standard InChI is InChI=1S/C10H17NO2/c12-7-10(1-2-10)6-11-4-8-3-9(5-11)13-8/h8-9,12H,1-7H2. The van der Waals surface area contributed by atoms with E-state index in [0.717, 1.165) is 19.6 Å². The van der Waals surface area contributed by atoms with Gasteiger partial charge in [-0.2, -0.15) is 0 Å². The summed E-state index contributed by atoms with van der Waals surface area (Å²) in [5.74, 6) is 0. The van der Waals surface area contributed by atoms with Crippen molar-refractivity contribution in [3.8, 4) is 0 Å². The molecule has 4 rings (SSSR count). The van der Waals surface area contributed by atoms with Crippen LogP contribution < -0.4 is 0 Å². The Bertz CT molecular complexity index is 199. The highest BCUT2D eigenvalue weighted by molar-refractivity contribution is 4.98. The van der Waals surface area contributed by atoms with Gasteiger partial charge in [-0.3, -0.25) is 4.90 Å². The third-order valence-electron chi connectivity index (χ3n) is 3.69. The normalized spacial score (nSPS) is 41.3. The van der Waals surface area contributed by atoms with E-state index in [-0.39, 0.29) is 5.41 Å². The monoisotopic (exact) mass is 183 g/mol. The van der Waals surface area contributed by atoms with Gasteiger partial charge in [0.25, 0.3) is 0 Å². The summed E-state index contributed by atoms with van der Waals surface area (Å²) in [7, 11) is 0. The summed E-state index contributed by atoms with van der Waals surface area (Å²) < 4.78 is 5.57. The largest absolute Gasteiger partial charge is 0.396 e. The maximum absolute atomic E-state index is 9.21. The fraction of sp³-hybridized carbons (Fsp3) is 1.00. The molecule has 2 bridgehead atoms. The summed E-state index contributed by atoms with van der Waals surface area (Å²) >= 11 is 0. The molecule has 0 amide bonds. The molecule has 3 aliphatic heterocycles. The van der Waals surface area contributed by atoms with E-state index >= 15 is 0 Å². The van der Waals surface area contributed by atoms with Crippen molar-refractivity contribution < 1.29 is 9.84 Å². The van der Waals surface area contributed by atoms with Crippen LogP contribution in [0.1, 0.15) is 19.3 Å². The lowest BCUT2D eigenvalue weighted by molar-refractivity contribution is -0.183. The van der Waals surface area contributed by atoms with E-state index in [1.807, 2.05) is 0 Å². The Morgan fingerprint density at radius 1 is 1.31 bits per heavy atom. The van der Waals surface area contributed by atoms with Crippen LogP contribution >= 0.6 is 0 Å². The Morgan fingerprint density at radius 2 is 1.92 bits per heavy atom. The highest BCUT2D eigenvalue weighted by Gasteiger charge is 2.46. The Morgan fingerprint density at radius 3 is 2.38 bits per heavy atom. The maximum atomic E-state index is 9.21. The predicted molar refractivity (Wildman–Crippen MR) is 48.5 cm³/mol. The van der Waals surface area contributed by atoms with Gasteiger partial charge in [-0.05, 0) is 12.8 Å². The molecule has 3 saturated heterocycles. The van der Waals surface area contributed by atoms with Crippen molar-refractivity contribution in [2.75, 3.05) is 26.2 Å². The molecule has 0 spiro atoms. The van der Waals surface area contributed by atoms with Gasteiger partial charge >= 0.3 is 0 Å². The van der Waals surface area contributed by atoms with Gasteiger partial charge in [0.2, 0.25) is 0 Å². The number of aliphatic hydroxyl groups excluding tert-OH is 1. The summed E-state index contributed by atoms with van der Waals surface area (Å²) in [6, 6.07) is 0. The lowest BCUT2D eigenvalue weighted by Crippen LogP contribution is -2.58. The number of fused-ring (bicyclic) bond motifs is 2. The van der Waals surface area contributed by atoms with E-state index in [9.17, 15) is 5.11 Å². The summed E-state index contributed by atoms with van der Waals surface area (Å²) in [4.78, 5) is 2.48. The number of aliphatic hydroxyl groups is 1. The quantitative estimate of drug-likeness (QED) is 0.680. The molecule has 1 saturated carbocycles. The van der Waals surface area contributed by atoms with E-state index < -0.39 is 0 Å². The molecule has 2 unspecified atom stereocenters. The van der Waals surface area contributed by atoms with Gasteiger partial charge in [0.1, 0.15) is 0 Å². The number of hydrogen-bond acceptors (Lipinski definition) is 3. The Balaban J connectivity index is 1.55. The Kier molecular flexibility index (Phi) is 1.70. The molecule has 74 valence electrons. The predicted octanol–water partition coefficient (Wildman–Crippen LogP) is 0.232. The van der Waals surface area contributed by atoms with Crippen LogP contribution in [0.25, 0.3) is 0 Å². The second-order valence-corrected chi connectivity index (χ2v) is 4.97. The van der Waals surface area contributed by atoms with Crippen LogP contribution in [0.15, 0.2) is 0 Å². The van der Waals surface area contributed by atoms with Gasteiger partial charge in [0, 0.05) is 38.1 Å². The fourth-order valence-corrected chi connectivity index (χ4v) is 2.59. The average molecular weight is 183 g/mol. The first-order chi connectivity index (χ1) is 6.30. The zero-order chi connectivity index (χ0) is 8.89. The first-order valence-electron chi connectivity index (χ1n) is 5.28. The first-order valence-corrected chi connectivity index (χ1v) is 5.28. The van der Waals surface area contributed by atoms with Crippen molar-refractivity contribution in [1.82, 2.24) is 4.90 Å². The SMILES string of the molecule is OCC1(CN2CC3CC(C2)O3)CC1. The van der Waals surface area contributed by atoms with E-state index in [0.29, 0.717) is 18.8 Å². The van der Waals surface area contributed by atoms with Gasteiger partial charge in [-0.25, -0.2) is 0 Å². The molecule has 1 N–H and O–H groups in total. The van der Waals surface area contributed by atoms with Gasteiger partial charge in [-0.15, -0.1) is 0 Å². The zero-order valence-electron chi connectivity index (χ0n) is 7.91. The summed E-state index contributed by atoms with van der Waals surface area (Å²) in [6.07, 6.45) is 4.72. The smallest absolute Gasteiger partial charge is 0.0731 e. The van der Waals surface area contributed by atoms with E-state index in [1.54, 1.807) is 0 Å². The molecule has 13 heavy (non-hydrogen) atoms. The Hall–Kier alpha value is -0.120. The van der Waals surface area contributed by atoms with Gasteiger partial charge in [0.15, 0.2) is 0 Å². The van der Waals surface area contributed by atoms with Crippen LogP contribution in [0.5, 0.6) is 0 Å². The lowest BCUT2D eigenvalue weighted by atomic mass is 9.97. The van der Waals surface area contributed by atoms with E-state index in [4.69, 9.17) is 4.74 Å². The number of rotatable bonds is 3. The van der Waals surface area contributed by atoms with Crippen LogP contribution in [0.4, 0.5) is 0 Å². The molecule has 2 atom stereocenters. The molecule has 3 heterocycles. The highest BCUT2D eigenvalue weighted by Crippen LogP contribution is 2.46. The third-order valence-corrected chi connectivity index (χ3v) is 3.69. The summed E-state index contributed by atoms with van der Waals surface area (Å²) in [5, 5.41) is 9.21. The molecular weight excluding hydrogens is 166 g/mol. The van der Waals surface area contributed by atoms with Crippen LogP contribution in [-0.4, -0.2) is 48.5 Å². The van der Waals surface area contributed by atoms with Crippen molar-refractivity contribution in [3.63, 3.8) is 0 Å². The average Bonchev–Trinajstić information content (AvgIpc) is 2.84. The second kappa shape index (κ2) is 2.69. The van der Waals surface area contributed by atoms with E-state index in [1.165, 1.54) is 19.3 Å². The molecule has 0 radical (unpaired) electrons. The fourth-order valence-electron chi connectivity index (χ4n) is 2.59. The third kappa shape index (κ3) is 1.39. The summed E-state index contributed by atoms with van der Waals surface area (Å²) in [6.45, 7) is 3.66. The van der Waals surface area contributed by atoms with Gasteiger partial charge < -0.3 is 9.84 Å². The number of nitrogens with zero attached hydrogens (tertiary/aromatic N) is 1. The molecule has 4 aliphatic rings. The molecule has 3 nitrogen and oxygen atoms in total. The molecule has 3 heteroatoms. The van der Waals surface area contributed by atoms with Crippen molar-refractivity contribution >= 4 is 0 Å². The zero-order valence-corrected chi connectivity index (χ0v) is 7.91. The van der Waals surface area contributed by atoms with Crippen molar-refractivity contribution in [1.29, 1.82) is 0 Å². The number of ether oxygens (including phenoxy) is 1. The minimum Gasteiger partial charge on any atom is -0.396 e. The molecule has 4 fully saturated rings. The van der Waals surface area contributed by atoms with Gasteiger partial charge in [0.05, 0.1) is 12.2 Å². The van der Waals surface area contributed by atoms with Crippen molar-refractivity contribution in [2.45, 2.75) is 31.5 Å². The topological polar surface area (TPSA) is 32.7 Å². The first kappa shape index (κ1) is 8.21. The van der Waals surface area contributed by atoms with Crippen LogP contribution in [0.3, 0.4) is 0 Å². The Labute approximate surface area is 78.7 Å². The van der Waals surface area contributed by atoms with Crippen LogP contribution in [-0.2, 0) is 4.74 Å². The molecule has 0 aromatic heterocycles. The summed E-state index contributed by atoms with van der Waals surface area (Å²) in [5.41, 5.74) is 0.282. The molecule has 0 aromatic rings. The minimum absolute atomic E-state index is 0.282. The lowest BCUT2D eigenvalue weighted by Gasteiger charge is -2.47. The molecular formula is C10H17NO2. The number of morpholine rings is 1. The van der Waals surface area contributed by atoms with Crippen LogP contribution in [0, 0.1) is 5.41 Å². The number of piperidine rings is 1. The van der Waals surface area contributed by atoms with Crippen LogP contribution in [0.2, 0.25) is 0 Å².